The average Bonchev–Trinajstić information content (AvgIpc) is 3.41. The van der Waals surface area contributed by atoms with E-state index in [-0.39, 0.29) is 11.8 Å². The summed E-state index contributed by atoms with van der Waals surface area (Å²) >= 11 is 1.73. The molecule has 0 saturated heterocycles. The van der Waals surface area contributed by atoms with Gasteiger partial charge in [0.25, 0.3) is 0 Å². The lowest BCUT2D eigenvalue weighted by Gasteiger charge is -2.12. The Morgan fingerprint density at radius 1 is 1.30 bits per heavy atom. The number of carbonyl (C=O) groups is 1. The average molecular weight is 381 g/mol. The zero-order valence-corrected chi connectivity index (χ0v) is 16.5. The van der Waals surface area contributed by atoms with E-state index in [9.17, 15) is 4.79 Å². The number of carbonyl (C=O) groups excluding carboxylic acids is 1. The van der Waals surface area contributed by atoms with Gasteiger partial charge in [-0.3, -0.25) is 4.79 Å². The third-order valence-electron chi connectivity index (χ3n) is 4.75. The van der Waals surface area contributed by atoms with Crippen LogP contribution >= 0.6 is 11.9 Å². The van der Waals surface area contributed by atoms with Crippen LogP contribution in [0.25, 0.3) is 22.2 Å². The van der Waals surface area contributed by atoms with Gasteiger partial charge in [0.15, 0.2) is 0 Å². The predicted molar refractivity (Wildman–Crippen MR) is 114 cm³/mol. The molecule has 0 bridgehead atoms. The van der Waals surface area contributed by atoms with Gasteiger partial charge in [-0.15, -0.1) is 0 Å². The number of nitrogens with one attached hydrogen (secondary N) is 3. The molecule has 2 heterocycles. The molecule has 0 aliphatic heterocycles. The molecule has 6 heteroatoms. The number of aryl methyl sites for hydroxylation is 1. The maximum Gasteiger partial charge on any atom is 0.228 e. The minimum Gasteiger partial charge on any atom is -0.346 e. The Labute approximate surface area is 163 Å². The van der Waals surface area contributed by atoms with Crippen molar-refractivity contribution in [3.8, 4) is 11.1 Å². The van der Waals surface area contributed by atoms with E-state index in [0.717, 1.165) is 52.9 Å². The lowest BCUT2D eigenvalue weighted by atomic mass is 10.0. The third kappa shape index (κ3) is 3.95. The molecular weight excluding hydrogens is 356 g/mol. The van der Waals surface area contributed by atoms with Gasteiger partial charge in [-0.1, -0.05) is 24.9 Å². The number of fused-ring (bicyclic) bond motifs is 1. The fourth-order valence-corrected chi connectivity index (χ4v) is 3.78. The summed E-state index contributed by atoms with van der Waals surface area (Å²) in [4.78, 5) is 19.9. The summed E-state index contributed by atoms with van der Waals surface area (Å²) in [5.74, 6) is 1.92. The molecule has 27 heavy (non-hydrogen) atoms. The summed E-state index contributed by atoms with van der Waals surface area (Å²) < 4.78 is 3.42. The molecule has 1 aliphatic rings. The molecule has 3 N–H and O–H groups in total. The Morgan fingerprint density at radius 2 is 2.15 bits per heavy atom. The van der Waals surface area contributed by atoms with E-state index in [4.69, 9.17) is 0 Å². The van der Waals surface area contributed by atoms with E-state index >= 15 is 0 Å². The topological polar surface area (TPSA) is 69.8 Å². The van der Waals surface area contributed by atoms with Crippen LogP contribution < -0.4 is 10.0 Å². The largest absolute Gasteiger partial charge is 0.346 e. The number of aromatic amines is 1. The van der Waals surface area contributed by atoms with Crippen molar-refractivity contribution in [1.29, 1.82) is 0 Å². The van der Waals surface area contributed by atoms with Gasteiger partial charge >= 0.3 is 0 Å². The number of rotatable bonds is 7. The summed E-state index contributed by atoms with van der Waals surface area (Å²) in [6.45, 7) is 4.29. The van der Waals surface area contributed by atoms with E-state index in [1.807, 2.05) is 18.3 Å². The quantitative estimate of drug-likeness (QED) is 0.381. The van der Waals surface area contributed by atoms with Gasteiger partial charge in [-0.25, -0.2) is 4.98 Å². The second-order valence-corrected chi connectivity index (χ2v) is 7.94. The standard InChI is InChI=1S/C21H24N4OS/c1-3-10-27-25-18-7-6-15(11-13(18)2)17-12-19(24-21(26)14-4-5-14)23-20-16(17)8-9-22-20/h6-9,11-12,14,25H,3-5,10H2,1-2H3,(H2,22,23,24,26). The first kappa shape index (κ1) is 17.9. The van der Waals surface area contributed by atoms with E-state index in [2.05, 4.69) is 52.1 Å². The maximum absolute atomic E-state index is 12.1. The molecule has 4 rings (SSSR count). The van der Waals surface area contributed by atoms with Crippen molar-refractivity contribution in [3.63, 3.8) is 0 Å². The highest BCUT2D eigenvalue weighted by Crippen LogP contribution is 2.34. The highest BCUT2D eigenvalue weighted by Gasteiger charge is 2.30. The van der Waals surface area contributed by atoms with Crippen LogP contribution in [0.4, 0.5) is 11.5 Å². The molecule has 140 valence electrons. The number of anilines is 2. The zero-order chi connectivity index (χ0) is 18.8. The van der Waals surface area contributed by atoms with Crippen LogP contribution in [0.3, 0.4) is 0 Å². The fourth-order valence-electron chi connectivity index (χ4n) is 3.09. The van der Waals surface area contributed by atoms with Gasteiger partial charge in [0.05, 0.1) is 0 Å². The van der Waals surface area contributed by atoms with E-state index < -0.39 is 0 Å². The number of nitrogens with zero attached hydrogens (tertiary/aromatic N) is 1. The molecule has 0 unspecified atom stereocenters. The van der Waals surface area contributed by atoms with E-state index in [1.54, 1.807) is 11.9 Å². The molecular formula is C21H24N4OS. The first-order chi connectivity index (χ1) is 13.2. The van der Waals surface area contributed by atoms with Crippen LogP contribution in [0, 0.1) is 12.8 Å². The molecule has 2 aromatic heterocycles. The van der Waals surface area contributed by atoms with Gasteiger partial charge in [-0.05, 0) is 67.1 Å². The summed E-state index contributed by atoms with van der Waals surface area (Å²) in [7, 11) is 0. The van der Waals surface area contributed by atoms with Crippen molar-refractivity contribution in [2.75, 3.05) is 15.8 Å². The Bertz CT molecular complexity index is 977. The molecule has 1 fully saturated rings. The van der Waals surface area contributed by atoms with Gasteiger partial charge in [0.2, 0.25) is 5.91 Å². The van der Waals surface area contributed by atoms with Crippen molar-refractivity contribution in [1.82, 2.24) is 9.97 Å². The summed E-state index contributed by atoms with van der Waals surface area (Å²) in [6.07, 6.45) is 4.99. The molecule has 0 spiro atoms. The van der Waals surface area contributed by atoms with Crippen molar-refractivity contribution in [2.45, 2.75) is 33.1 Å². The van der Waals surface area contributed by atoms with Crippen LogP contribution in [-0.4, -0.2) is 21.6 Å². The molecule has 1 amide bonds. The molecule has 1 aliphatic carbocycles. The first-order valence-corrected chi connectivity index (χ1v) is 10.4. The summed E-state index contributed by atoms with van der Waals surface area (Å²) in [6, 6.07) is 10.4. The molecule has 1 saturated carbocycles. The molecule has 5 nitrogen and oxygen atoms in total. The molecule has 0 atom stereocenters. The van der Waals surface area contributed by atoms with Gasteiger partial charge in [0, 0.05) is 28.9 Å². The minimum atomic E-state index is 0.0723. The van der Waals surface area contributed by atoms with Crippen molar-refractivity contribution < 1.29 is 4.79 Å². The predicted octanol–water partition coefficient (Wildman–Crippen LogP) is 5.36. The van der Waals surface area contributed by atoms with Crippen molar-refractivity contribution >= 4 is 40.4 Å². The number of pyridine rings is 1. The Morgan fingerprint density at radius 3 is 2.89 bits per heavy atom. The number of amides is 1. The zero-order valence-electron chi connectivity index (χ0n) is 15.6. The van der Waals surface area contributed by atoms with Gasteiger partial charge in [0.1, 0.15) is 11.5 Å². The Kier molecular flexibility index (Phi) is 5.07. The Hall–Kier alpha value is -2.47. The van der Waals surface area contributed by atoms with Crippen LogP contribution in [0.5, 0.6) is 0 Å². The molecule has 0 radical (unpaired) electrons. The van der Waals surface area contributed by atoms with Crippen LogP contribution in [0.15, 0.2) is 36.5 Å². The van der Waals surface area contributed by atoms with E-state index in [0.29, 0.717) is 5.82 Å². The van der Waals surface area contributed by atoms with Crippen LogP contribution in [0.2, 0.25) is 0 Å². The normalized spacial score (nSPS) is 13.7. The highest BCUT2D eigenvalue weighted by molar-refractivity contribution is 8.00. The summed E-state index contributed by atoms with van der Waals surface area (Å²) in [5.41, 5.74) is 5.31. The monoisotopic (exact) mass is 380 g/mol. The number of aromatic nitrogens is 2. The molecule has 1 aromatic carbocycles. The minimum absolute atomic E-state index is 0.0723. The summed E-state index contributed by atoms with van der Waals surface area (Å²) in [5, 5.41) is 4.03. The number of H-pyrrole nitrogens is 1. The second-order valence-electron chi connectivity index (χ2n) is 7.04. The Balaban J connectivity index is 1.66. The van der Waals surface area contributed by atoms with Crippen molar-refractivity contribution in [2.24, 2.45) is 5.92 Å². The van der Waals surface area contributed by atoms with Crippen molar-refractivity contribution in [3.05, 3.63) is 42.1 Å². The first-order valence-electron chi connectivity index (χ1n) is 9.43. The lowest BCUT2D eigenvalue weighted by molar-refractivity contribution is -0.117. The van der Waals surface area contributed by atoms with Crippen LogP contribution in [0.1, 0.15) is 31.7 Å². The lowest BCUT2D eigenvalue weighted by Crippen LogP contribution is -2.14. The smallest absolute Gasteiger partial charge is 0.228 e. The maximum atomic E-state index is 12.1. The highest BCUT2D eigenvalue weighted by atomic mass is 32.2. The second kappa shape index (κ2) is 7.64. The molecule has 3 aromatic rings. The number of hydrogen-bond acceptors (Lipinski definition) is 4. The number of benzene rings is 1. The van der Waals surface area contributed by atoms with Gasteiger partial charge < -0.3 is 15.0 Å². The third-order valence-corrected chi connectivity index (χ3v) is 5.73. The fraction of sp³-hybridized carbons (Fsp3) is 0.333. The SMILES string of the molecule is CCCSNc1ccc(-c2cc(NC(=O)C3CC3)nc3[nH]ccc23)cc1C. The number of hydrogen-bond donors (Lipinski definition) is 3. The van der Waals surface area contributed by atoms with Gasteiger partial charge in [-0.2, -0.15) is 0 Å². The van der Waals surface area contributed by atoms with Crippen LogP contribution in [-0.2, 0) is 4.79 Å². The van der Waals surface area contributed by atoms with E-state index in [1.165, 1.54) is 5.56 Å².